The molecule has 4 rings (SSSR count). The average molecular weight is 410 g/mol. The van der Waals surface area contributed by atoms with Gasteiger partial charge in [-0.1, -0.05) is 25.5 Å². The summed E-state index contributed by atoms with van der Waals surface area (Å²) in [5, 5.41) is 2.96. The first-order valence-corrected chi connectivity index (χ1v) is 10.2. The number of carbonyl (C=O) groups is 2. The number of carbonyl (C=O) groups excluding carboxylic acids is 2. The fourth-order valence-electron chi connectivity index (χ4n) is 4.04. The molecule has 0 unspecified atom stereocenters. The topological polar surface area (TPSA) is 77.1 Å². The van der Waals surface area contributed by atoms with Gasteiger partial charge in [-0.25, -0.2) is 0 Å². The van der Waals surface area contributed by atoms with Crippen LogP contribution >= 0.6 is 0 Å². The van der Waals surface area contributed by atoms with Crippen LogP contribution in [0.15, 0.2) is 42.5 Å². The standard InChI is InChI=1S/C23H26N2O5/c1-3-4-11-25-21(26)13-18(22(25)15-5-8-17(28-2)9-6-15)23(27)24-16-7-10-19-20(12-16)30-14-29-19/h5-10,12,18,22H,3-4,11,13-14H2,1-2H3,(H,24,27)/t18-,22-/m0/s1. The smallest absolute Gasteiger partial charge is 0.231 e. The molecule has 0 aromatic heterocycles. The third-order valence-corrected chi connectivity index (χ3v) is 5.62. The van der Waals surface area contributed by atoms with Crippen LogP contribution in [-0.4, -0.2) is 37.2 Å². The molecular weight excluding hydrogens is 384 g/mol. The van der Waals surface area contributed by atoms with E-state index in [0.717, 1.165) is 24.2 Å². The van der Waals surface area contributed by atoms with Gasteiger partial charge in [-0.2, -0.15) is 0 Å². The Hall–Kier alpha value is -3.22. The number of hydrogen-bond donors (Lipinski definition) is 1. The second-order valence-corrected chi connectivity index (χ2v) is 7.53. The zero-order valence-electron chi connectivity index (χ0n) is 17.2. The fourth-order valence-corrected chi connectivity index (χ4v) is 4.04. The number of nitrogens with one attached hydrogen (secondary N) is 1. The Kier molecular flexibility index (Phi) is 5.79. The van der Waals surface area contributed by atoms with Crippen LogP contribution in [0, 0.1) is 5.92 Å². The Morgan fingerprint density at radius 2 is 1.93 bits per heavy atom. The highest BCUT2D eigenvalue weighted by atomic mass is 16.7. The molecule has 7 nitrogen and oxygen atoms in total. The van der Waals surface area contributed by atoms with Crippen LogP contribution < -0.4 is 19.5 Å². The molecule has 0 spiro atoms. The van der Waals surface area contributed by atoms with Crippen molar-refractivity contribution in [2.45, 2.75) is 32.2 Å². The van der Waals surface area contributed by atoms with Gasteiger partial charge in [0.2, 0.25) is 18.6 Å². The molecule has 2 heterocycles. The van der Waals surface area contributed by atoms with Crippen LogP contribution in [0.2, 0.25) is 0 Å². The van der Waals surface area contributed by atoms with Crippen LogP contribution in [0.25, 0.3) is 0 Å². The summed E-state index contributed by atoms with van der Waals surface area (Å²) in [5.74, 6) is 1.35. The number of likely N-dealkylation sites (tertiary alicyclic amines) is 1. The maximum atomic E-state index is 13.2. The highest BCUT2D eigenvalue weighted by molar-refractivity contribution is 5.98. The lowest BCUT2D eigenvalue weighted by Gasteiger charge is -2.28. The molecule has 2 aliphatic rings. The first-order chi connectivity index (χ1) is 14.6. The van der Waals surface area contributed by atoms with Crippen molar-refractivity contribution < 1.29 is 23.8 Å². The minimum absolute atomic E-state index is 0.00936. The summed E-state index contributed by atoms with van der Waals surface area (Å²) in [4.78, 5) is 27.8. The molecule has 2 atom stereocenters. The van der Waals surface area contributed by atoms with Gasteiger partial charge in [0.25, 0.3) is 0 Å². The van der Waals surface area contributed by atoms with Crippen LogP contribution in [0.1, 0.15) is 37.8 Å². The van der Waals surface area contributed by atoms with Crippen molar-refractivity contribution in [3.63, 3.8) is 0 Å². The number of anilines is 1. The molecule has 30 heavy (non-hydrogen) atoms. The van der Waals surface area contributed by atoms with Gasteiger partial charge in [-0.05, 0) is 36.2 Å². The Balaban J connectivity index is 1.58. The molecule has 2 aromatic carbocycles. The monoisotopic (exact) mass is 410 g/mol. The Bertz CT molecular complexity index is 928. The number of amides is 2. The summed E-state index contributed by atoms with van der Waals surface area (Å²) >= 11 is 0. The van der Waals surface area contributed by atoms with Crippen LogP contribution in [0.3, 0.4) is 0 Å². The number of hydrogen-bond acceptors (Lipinski definition) is 5. The molecular formula is C23H26N2O5. The van der Waals surface area contributed by atoms with E-state index in [-0.39, 0.29) is 31.1 Å². The van der Waals surface area contributed by atoms with E-state index in [1.165, 1.54) is 0 Å². The number of unbranched alkanes of at least 4 members (excludes halogenated alkanes) is 1. The van der Waals surface area contributed by atoms with Gasteiger partial charge in [0, 0.05) is 24.7 Å². The lowest BCUT2D eigenvalue weighted by Crippen LogP contribution is -2.33. The van der Waals surface area contributed by atoms with E-state index in [1.807, 2.05) is 29.2 Å². The number of rotatable bonds is 7. The Morgan fingerprint density at radius 1 is 1.17 bits per heavy atom. The number of benzene rings is 2. The summed E-state index contributed by atoms with van der Waals surface area (Å²) in [6.07, 6.45) is 2.07. The number of fused-ring (bicyclic) bond motifs is 1. The van der Waals surface area contributed by atoms with E-state index < -0.39 is 5.92 Å². The molecule has 2 amide bonds. The van der Waals surface area contributed by atoms with Crippen molar-refractivity contribution in [1.82, 2.24) is 4.90 Å². The lowest BCUT2D eigenvalue weighted by molar-refractivity contribution is -0.129. The molecule has 0 saturated carbocycles. The largest absolute Gasteiger partial charge is 0.497 e. The van der Waals surface area contributed by atoms with Crippen molar-refractivity contribution in [2.75, 3.05) is 25.8 Å². The number of methoxy groups -OCH3 is 1. The molecule has 2 aliphatic heterocycles. The van der Waals surface area contributed by atoms with Crippen molar-refractivity contribution in [3.8, 4) is 17.2 Å². The lowest BCUT2D eigenvalue weighted by atomic mass is 9.92. The number of nitrogens with zero attached hydrogens (tertiary/aromatic N) is 1. The summed E-state index contributed by atoms with van der Waals surface area (Å²) in [5.41, 5.74) is 1.56. The predicted octanol–water partition coefficient (Wildman–Crippen LogP) is 3.75. The molecule has 7 heteroatoms. The molecule has 0 aliphatic carbocycles. The van der Waals surface area contributed by atoms with Gasteiger partial charge in [-0.3, -0.25) is 9.59 Å². The van der Waals surface area contributed by atoms with Crippen LogP contribution in [0.4, 0.5) is 5.69 Å². The third-order valence-electron chi connectivity index (χ3n) is 5.62. The zero-order valence-corrected chi connectivity index (χ0v) is 17.2. The first kappa shape index (κ1) is 20.1. The predicted molar refractivity (Wildman–Crippen MR) is 112 cm³/mol. The number of ether oxygens (including phenoxy) is 3. The quantitative estimate of drug-likeness (QED) is 0.752. The van der Waals surface area contributed by atoms with Crippen molar-refractivity contribution in [1.29, 1.82) is 0 Å². The molecule has 2 aromatic rings. The first-order valence-electron chi connectivity index (χ1n) is 10.2. The van der Waals surface area contributed by atoms with E-state index >= 15 is 0 Å². The van der Waals surface area contributed by atoms with Gasteiger partial charge in [-0.15, -0.1) is 0 Å². The van der Waals surface area contributed by atoms with E-state index in [9.17, 15) is 9.59 Å². The van der Waals surface area contributed by atoms with Crippen LogP contribution in [-0.2, 0) is 9.59 Å². The van der Waals surface area contributed by atoms with Crippen molar-refractivity contribution >= 4 is 17.5 Å². The Morgan fingerprint density at radius 3 is 2.67 bits per heavy atom. The van der Waals surface area contributed by atoms with E-state index in [2.05, 4.69) is 12.2 Å². The molecule has 1 fully saturated rings. The highest BCUT2D eigenvalue weighted by Crippen LogP contribution is 2.40. The Labute approximate surface area is 175 Å². The van der Waals surface area contributed by atoms with Gasteiger partial charge in [0.1, 0.15) is 5.75 Å². The van der Waals surface area contributed by atoms with Gasteiger partial charge < -0.3 is 24.4 Å². The second-order valence-electron chi connectivity index (χ2n) is 7.53. The molecule has 1 N–H and O–H groups in total. The highest BCUT2D eigenvalue weighted by Gasteiger charge is 2.44. The summed E-state index contributed by atoms with van der Waals surface area (Å²) < 4.78 is 16.0. The SMILES string of the molecule is CCCCN1C(=O)C[C@H](C(=O)Nc2ccc3c(c2)OCO3)[C@@H]1c1ccc(OC)cc1. The average Bonchev–Trinajstić information content (AvgIpc) is 3.36. The molecule has 0 radical (unpaired) electrons. The summed E-state index contributed by atoms with van der Waals surface area (Å²) in [6, 6.07) is 12.6. The molecule has 0 bridgehead atoms. The van der Waals surface area contributed by atoms with Crippen molar-refractivity contribution in [2.24, 2.45) is 5.92 Å². The minimum atomic E-state index is -0.479. The normalized spacial score (nSPS) is 19.8. The van der Waals surface area contributed by atoms with E-state index in [0.29, 0.717) is 23.7 Å². The van der Waals surface area contributed by atoms with E-state index in [1.54, 1.807) is 25.3 Å². The molecule has 1 saturated heterocycles. The molecule has 158 valence electrons. The fraction of sp³-hybridized carbons (Fsp3) is 0.391. The van der Waals surface area contributed by atoms with Gasteiger partial charge in [0.15, 0.2) is 11.5 Å². The van der Waals surface area contributed by atoms with E-state index in [4.69, 9.17) is 14.2 Å². The summed E-state index contributed by atoms with van der Waals surface area (Å²) in [6.45, 7) is 2.91. The zero-order chi connectivity index (χ0) is 21.1. The third kappa shape index (κ3) is 3.92. The second kappa shape index (κ2) is 8.65. The minimum Gasteiger partial charge on any atom is -0.497 e. The van der Waals surface area contributed by atoms with Gasteiger partial charge >= 0.3 is 0 Å². The van der Waals surface area contributed by atoms with Crippen molar-refractivity contribution in [3.05, 3.63) is 48.0 Å². The maximum absolute atomic E-state index is 13.2. The summed E-state index contributed by atoms with van der Waals surface area (Å²) in [7, 11) is 1.61. The maximum Gasteiger partial charge on any atom is 0.231 e. The van der Waals surface area contributed by atoms with Gasteiger partial charge in [0.05, 0.1) is 19.1 Å². The van der Waals surface area contributed by atoms with Crippen LogP contribution in [0.5, 0.6) is 17.2 Å².